The molecule has 4 N–H and O–H groups in total. The van der Waals surface area contributed by atoms with E-state index in [0.717, 1.165) is 0 Å². The summed E-state index contributed by atoms with van der Waals surface area (Å²) in [7, 11) is 4.27. The first-order chi connectivity index (χ1) is 21.6. The molecule has 0 radical (unpaired) electrons. The fraction of sp³-hybridized carbons (Fsp3) is 0.343. The van der Waals surface area contributed by atoms with Crippen LogP contribution < -0.4 is 14.2 Å². The molecule has 6 rings (SSSR count). The summed E-state index contributed by atoms with van der Waals surface area (Å²) in [6.45, 7) is 4.38. The highest BCUT2D eigenvalue weighted by Gasteiger charge is 2.44. The molecular weight excluding hydrogens is 596 g/mol. The molecule has 0 saturated heterocycles. The number of rotatable bonds is 5. The van der Waals surface area contributed by atoms with E-state index >= 15 is 0 Å². The summed E-state index contributed by atoms with van der Waals surface area (Å²) >= 11 is 0. The lowest BCUT2D eigenvalue weighted by atomic mass is 9.71. The monoisotopic (exact) mass is 630 g/mol. The fourth-order valence-corrected chi connectivity index (χ4v) is 7.27. The highest BCUT2D eigenvalue weighted by Crippen LogP contribution is 2.55. The SMILES string of the molecule is COc1cc(O)c2c(O)c3c(c(-c4c5c(c(O)c6c(OC)cc(OC)cc46)C(=O)C[C@](C)(O)C5)c2c1)C[C@](C)(OC(C)=O)CC3=O. The Kier molecular flexibility index (Phi) is 7.08. The topological polar surface area (TPSA) is 169 Å². The quantitative estimate of drug-likeness (QED) is 0.216. The van der Waals surface area contributed by atoms with Crippen molar-refractivity contribution in [3.8, 4) is 45.6 Å². The van der Waals surface area contributed by atoms with Gasteiger partial charge in [-0.05, 0) is 48.2 Å². The van der Waals surface area contributed by atoms with Crippen LogP contribution in [0.2, 0.25) is 0 Å². The van der Waals surface area contributed by atoms with Crippen LogP contribution in [0.1, 0.15) is 65.5 Å². The maximum atomic E-state index is 13.9. The van der Waals surface area contributed by atoms with Gasteiger partial charge >= 0.3 is 5.97 Å². The highest BCUT2D eigenvalue weighted by molar-refractivity contribution is 6.21. The van der Waals surface area contributed by atoms with Gasteiger partial charge in [0.1, 0.15) is 40.1 Å². The molecule has 2 atom stereocenters. The van der Waals surface area contributed by atoms with Gasteiger partial charge in [-0.25, -0.2) is 0 Å². The number of phenolic OH excluding ortho intramolecular Hbond substituents is 3. The molecule has 0 aromatic heterocycles. The first-order valence-electron chi connectivity index (χ1n) is 14.6. The standard InChI is InChI=1S/C35H34O11/c1-15(36)46-35(3)12-21-26(18-7-16(43-4)9-22(37)28(18)32(40)30(21)24(39)14-35)27-19-8-17(44-5)10-25(45-6)31(19)33(41)29-20(27)11-34(2,42)13-23(29)38/h7-10,37,40-42H,11-14H2,1-6H3/t34-,35+/m1/s1. The summed E-state index contributed by atoms with van der Waals surface area (Å²) < 4.78 is 22.4. The van der Waals surface area contributed by atoms with Crippen molar-refractivity contribution in [2.24, 2.45) is 0 Å². The van der Waals surface area contributed by atoms with Crippen LogP contribution in [0.15, 0.2) is 24.3 Å². The van der Waals surface area contributed by atoms with E-state index in [1.807, 2.05) is 0 Å². The smallest absolute Gasteiger partial charge is 0.303 e. The largest absolute Gasteiger partial charge is 0.507 e. The third-order valence-electron chi connectivity index (χ3n) is 8.93. The maximum Gasteiger partial charge on any atom is 0.303 e. The molecule has 0 heterocycles. The second kappa shape index (κ2) is 10.5. The molecule has 0 unspecified atom stereocenters. The number of esters is 1. The van der Waals surface area contributed by atoms with Gasteiger partial charge < -0.3 is 39.4 Å². The number of aromatic hydroxyl groups is 3. The summed E-state index contributed by atoms with van der Waals surface area (Å²) in [5.41, 5.74) is -1.70. The van der Waals surface area contributed by atoms with E-state index in [4.69, 9.17) is 18.9 Å². The summed E-state index contributed by atoms with van der Waals surface area (Å²) in [6.07, 6.45) is -0.608. The molecule has 11 nitrogen and oxygen atoms in total. The van der Waals surface area contributed by atoms with Crippen molar-refractivity contribution < 1.29 is 53.8 Å². The normalized spacial score (nSPS) is 20.8. The minimum atomic E-state index is -1.50. The number of ether oxygens (including phenoxy) is 4. The number of hydrogen-bond donors (Lipinski definition) is 4. The molecule has 4 aromatic carbocycles. The van der Waals surface area contributed by atoms with Gasteiger partial charge in [-0.2, -0.15) is 0 Å². The average molecular weight is 631 g/mol. The second-order valence-corrected chi connectivity index (χ2v) is 12.6. The summed E-state index contributed by atoms with van der Waals surface area (Å²) in [5, 5.41) is 46.6. The van der Waals surface area contributed by atoms with Crippen molar-refractivity contribution in [3.05, 3.63) is 46.5 Å². The van der Waals surface area contributed by atoms with E-state index in [9.17, 15) is 34.8 Å². The number of phenols is 3. The summed E-state index contributed by atoms with van der Waals surface area (Å²) in [4.78, 5) is 39.8. The van der Waals surface area contributed by atoms with Crippen molar-refractivity contribution in [2.45, 2.75) is 57.7 Å². The lowest BCUT2D eigenvalue weighted by molar-refractivity contribution is -0.155. The van der Waals surface area contributed by atoms with Gasteiger partial charge in [-0.3, -0.25) is 14.4 Å². The van der Waals surface area contributed by atoms with Gasteiger partial charge in [0, 0.05) is 49.1 Å². The van der Waals surface area contributed by atoms with Crippen LogP contribution in [0, 0.1) is 0 Å². The minimum Gasteiger partial charge on any atom is -0.507 e. The van der Waals surface area contributed by atoms with E-state index in [-0.39, 0.29) is 87.1 Å². The first kappa shape index (κ1) is 31.0. The number of aliphatic hydroxyl groups is 1. The van der Waals surface area contributed by atoms with Crippen LogP contribution in [0.25, 0.3) is 32.7 Å². The summed E-state index contributed by atoms with van der Waals surface area (Å²) in [5.74, 6) is -2.05. The van der Waals surface area contributed by atoms with Crippen molar-refractivity contribution in [3.63, 3.8) is 0 Å². The third-order valence-corrected chi connectivity index (χ3v) is 8.93. The Balaban J connectivity index is 1.93. The predicted molar refractivity (Wildman–Crippen MR) is 168 cm³/mol. The van der Waals surface area contributed by atoms with Gasteiger partial charge in [0.05, 0.1) is 55.3 Å². The van der Waals surface area contributed by atoms with Crippen LogP contribution in [0.5, 0.6) is 34.5 Å². The molecule has 0 fully saturated rings. The Labute approximate surface area is 263 Å². The number of carbonyl (C=O) groups is 3. The van der Waals surface area contributed by atoms with Gasteiger partial charge in [0.25, 0.3) is 0 Å². The summed E-state index contributed by atoms with van der Waals surface area (Å²) in [6, 6.07) is 6.08. The maximum absolute atomic E-state index is 13.9. The lowest BCUT2D eigenvalue weighted by Crippen LogP contribution is -2.40. The number of hydrogen-bond acceptors (Lipinski definition) is 11. The Morgan fingerprint density at radius 1 is 0.696 bits per heavy atom. The van der Waals surface area contributed by atoms with Crippen molar-refractivity contribution in [1.82, 2.24) is 0 Å². The molecule has 0 saturated carbocycles. The van der Waals surface area contributed by atoms with E-state index in [1.54, 1.807) is 25.1 Å². The Morgan fingerprint density at radius 3 is 1.78 bits per heavy atom. The first-order valence-corrected chi connectivity index (χ1v) is 14.6. The zero-order valence-electron chi connectivity index (χ0n) is 26.3. The van der Waals surface area contributed by atoms with E-state index in [2.05, 4.69) is 0 Å². The number of methoxy groups -OCH3 is 3. The van der Waals surface area contributed by atoms with Crippen LogP contribution in [0.4, 0.5) is 0 Å². The molecule has 4 aromatic rings. The number of ketones is 2. The second-order valence-electron chi connectivity index (χ2n) is 12.6. The molecule has 0 aliphatic heterocycles. The molecule has 240 valence electrons. The number of carbonyl (C=O) groups excluding carboxylic acids is 3. The van der Waals surface area contributed by atoms with Crippen LogP contribution in [-0.2, 0) is 22.4 Å². The fourth-order valence-electron chi connectivity index (χ4n) is 7.27. The molecule has 0 spiro atoms. The molecular formula is C35H34O11. The molecule has 0 bridgehead atoms. The molecule has 2 aliphatic rings. The molecule has 11 heteroatoms. The average Bonchev–Trinajstić information content (AvgIpc) is 2.95. The van der Waals surface area contributed by atoms with E-state index < -0.39 is 34.5 Å². The number of benzene rings is 4. The van der Waals surface area contributed by atoms with Crippen molar-refractivity contribution in [1.29, 1.82) is 0 Å². The van der Waals surface area contributed by atoms with Gasteiger partial charge in [-0.15, -0.1) is 0 Å². The Morgan fingerprint density at radius 2 is 1.22 bits per heavy atom. The minimum absolute atomic E-state index is 0.0236. The number of fused-ring (bicyclic) bond motifs is 4. The van der Waals surface area contributed by atoms with Gasteiger partial charge in [-0.1, -0.05) is 0 Å². The lowest BCUT2D eigenvalue weighted by Gasteiger charge is -2.37. The van der Waals surface area contributed by atoms with Crippen LogP contribution in [0.3, 0.4) is 0 Å². The van der Waals surface area contributed by atoms with Gasteiger partial charge in [0.15, 0.2) is 11.6 Å². The number of Topliss-reactive ketones (excluding diaryl/α,β-unsaturated/α-hetero) is 2. The Bertz CT molecular complexity index is 2020. The third kappa shape index (κ3) is 4.65. The van der Waals surface area contributed by atoms with Crippen LogP contribution in [-0.4, -0.2) is 70.5 Å². The Hall–Kier alpha value is -5.03. The zero-order valence-corrected chi connectivity index (χ0v) is 26.3. The van der Waals surface area contributed by atoms with E-state index in [1.165, 1.54) is 41.2 Å². The van der Waals surface area contributed by atoms with Gasteiger partial charge in [0.2, 0.25) is 0 Å². The zero-order chi connectivity index (χ0) is 33.5. The molecule has 0 amide bonds. The highest BCUT2D eigenvalue weighted by atomic mass is 16.6. The molecule has 2 aliphatic carbocycles. The van der Waals surface area contributed by atoms with Crippen molar-refractivity contribution >= 4 is 39.1 Å². The van der Waals surface area contributed by atoms with Crippen molar-refractivity contribution in [2.75, 3.05) is 21.3 Å². The van der Waals surface area contributed by atoms with Crippen LogP contribution >= 0.6 is 0 Å². The predicted octanol–water partition coefficient (Wildman–Crippen LogP) is 5.13. The van der Waals surface area contributed by atoms with E-state index in [0.29, 0.717) is 22.3 Å². The molecule has 46 heavy (non-hydrogen) atoms.